The number of carbonyl (C=O) groups is 2. The highest BCUT2D eigenvalue weighted by Crippen LogP contribution is 2.38. The topological polar surface area (TPSA) is 85.1 Å². The zero-order valence-corrected chi connectivity index (χ0v) is 15.8. The molecular formula is C18H14F3N3O3S. The second-order valence-electron chi connectivity index (χ2n) is 6.10. The SMILES string of the molecule is CC(=O)c1nc(-c2nc3cc(SC(F)(F)F)ccc3n2C)c(C(=O)O)cc1C. The third-order valence-electron chi connectivity index (χ3n) is 4.07. The van der Waals surface area contributed by atoms with Gasteiger partial charge < -0.3 is 9.67 Å². The molecule has 2 aromatic heterocycles. The van der Waals surface area contributed by atoms with Crippen LogP contribution < -0.4 is 0 Å². The van der Waals surface area contributed by atoms with Gasteiger partial charge in [0.2, 0.25) is 0 Å². The van der Waals surface area contributed by atoms with Crippen LogP contribution in [-0.2, 0) is 7.05 Å². The zero-order valence-electron chi connectivity index (χ0n) is 15.0. The zero-order chi connectivity index (χ0) is 20.8. The molecule has 1 N–H and O–H groups in total. The first kappa shape index (κ1) is 19.9. The molecule has 0 saturated carbocycles. The van der Waals surface area contributed by atoms with Gasteiger partial charge in [-0.3, -0.25) is 4.79 Å². The molecule has 1 aromatic carbocycles. The maximum Gasteiger partial charge on any atom is 0.446 e. The number of hydrogen-bond donors (Lipinski definition) is 1. The van der Waals surface area contributed by atoms with Crippen molar-refractivity contribution in [1.29, 1.82) is 0 Å². The van der Waals surface area contributed by atoms with Crippen LogP contribution in [0.5, 0.6) is 0 Å². The van der Waals surface area contributed by atoms with Gasteiger partial charge in [0.1, 0.15) is 11.4 Å². The number of alkyl halides is 3. The third-order valence-corrected chi connectivity index (χ3v) is 4.80. The van der Waals surface area contributed by atoms with Gasteiger partial charge in [0.05, 0.1) is 16.6 Å². The van der Waals surface area contributed by atoms with Crippen LogP contribution in [0.15, 0.2) is 29.2 Å². The molecule has 0 aliphatic carbocycles. The molecule has 3 aromatic rings. The van der Waals surface area contributed by atoms with Crippen LogP contribution in [0, 0.1) is 6.92 Å². The number of hydrogen-bond acceptors (Lipinski definition) is 5. The number of Topliss-reactive ketones (excluding diaryl/α,β-unsaturated/α-hetero) is 1. The number of fused-ring (bicyclic) bond motifs is 1. The summed E-state index contributed by atoms with van der Waals surface area (Å²) in [4.78, 5) is 32.0. The van der Waals surface area contributed by atoms with E-state index >= 15 is 0 Å². The van der Waals surface area contributed by atoms with Gasteiger partial charge in [0.25, 0.3) is 0 Å². The number of thioether (sulfide) groups is 1. The number of imidazole rings is 1. The van der Waals surface area contributed by atoms with Crippen molar-refractivity contribution in [3.05, 3.63) is 41.1 Å². The maximum absolute atomic E-state index is 12.6. The molecular weight excluding hydrogens is 395 g/mol. The van der Waals surface area contributed by atoms with Crippen molar-refractivity contribution in [3.63, 3.8) is 0 Å². The van der Waals surface area contributed by atoms with Crippen LogP contribution in [0.4, 0.5) is 13.2 Å². The number of ketones is 1. The summed E-state index contributed by atoms with van der Waals surface area (Å²) in [5.41, 5.74) is -3.31. The number of rotatable bonds is 4. The number of aryl methyl sites for hydroxylation is 2. The second kappa shape index (κ2) is 6.93. The fourth-order valence-corrected chi connectivity index (χ4v) is 3.47. The fraction of sp³-hybridized carbons (Fsp3) is 0.222. The first-order valence-corrected chi connectivity index (χ1v) is 8.78. The first-order chi connectivity index (χ1) is 13.0. The van der Waals surface area contributed by atoms with E-state index in [2.05, 4.69) is 9.97 Å². The standard InChI is InChI=1S/C18H14F3N3O3S/c1-8-6-11(17(26)27)15(23-14(8)9(2)25)16-22-12-7-10(28-18(19,20)21)4-5-13(12)24(16)3/h4-7H,1-3H3,(H,26,27). The number of carboxylic acids is 1. The summed E-state index contributed by atoms with van der Waals surface area (Å²) in [5, 5.41) is 9.53. The summed E-state index contributed by atoms with van der Waals surface area (Å²) in [6.45, 7) is 2.89. The fourth-order valence-electron chi connectivity index (χ4n) is 2.89. The summed E-state index contributed by atoms with van der Waals surface area (Å²) in [5.74, 6) is -1.44. The molecule has 0 fully saturated rings. The molecule has 28 heavy (non-hydrogen) atoms. The summed E-state index contributed by atoms with van der Waals surface area (Å²) in [6, 6.07) is 5.40. The minimum atomic E-state index is -4.43. The highest BCUT2D eigenvalue weighted by molar-refractivity contribution is 8.00. The number of benzene rings is 1. The van der Waals surface area contributed by atoms with Crippen molar-refractivity contribution < 1.29 is 27.9 Å². The predicted molar refractivity (Wildman–Crippen MR) is 97.6 cm³/mol. The Balaban J connectivity index is 2.23. The summed E-state index contributed by atoms with van der Waals surface area (Å²) in [7, 11) is 1.60. The second-order valence-corrected chi connectivity index (χ2v) is 7.24. The first-order valence-electron chi connectivity index (χ1n) is 7.96. The van der Waals surface area contributed by atoms with Gasteiger partial charge in [-0.15, -0.1) is 0 Å². The Morgan fingerprint density at radius 2 is 1.86 bits per heavy atom. The molecule has 3 rings (SSSR count). The number of aromatic carboxylic acids is 1. The van der Waals surface area contributed by atoms with E-state index in [0.717, 1.165) is 0 Å². The van der Waals surface area contributed by atoms with E-state index in [1.807, 2.05) is 0 Å². The van der Waals surface area contributed by atoms with E-state index < -0.39 is 11.5 Å². The molecule has 0 aliphatic rings. The van der Waals surface area contributed by atoms with Crippen LogP contribution in [0.1, 0.15) is 33.3 Å². The number of pyridine rings is 1. The largest absolute Gasteiger partial charge is 0.478 e. The molecule has 10 heteroatoms. The minimum Gasteiger partial charge on any atom is -0.478 e. The van der Waals surface area contributed by atoms with Crippen LogP contribution in [-0.4, -0.2) is 36.9 Å². The van der Waals surface area contributed by atoms with E-state index in [1.165, 1.54) is 35.8 Å². The van der Waals surface area contributed by atoms with Crippen LogP contribution in [0.2, 0.25) is 0 Å². The van der Waals surface area contributed by atoms with Crippen molar-refractivity contribution in [1.82, 2.24) is 14.5 Å². The Labute approximate surface area is 161 Å². The predicted octanol–water partition coefficient (Wildman–Crippen LogP) is 4.46. The molecule has 0 spiro atoms. The molecule has 0 aliphatic heterocycles. The Bertz CT molecular complexity index is 1120. The Hall–Kier alpha value is -2.88. The third kappa shape index (κ3) is 3.72. The Morgan fingerprint density at radius 1 is 1.18 bits per heavy atom. The van der Waals surface area contributed by atoms with Gasteiger partial charge in [0, 0.05) is 18.9 Å². The van der Waals surface area contributed by atoms with Gasteiger partial charge in [-0.05, 0) is 48.5 Å². The minimum absolute atomic E-state index is 0.0213. The average molecular weight is 409 g/mol. The number of aromatic nitrogens is 3. The molecule has 146 valence electrons. The molecule has 0 radical (unpaired) electrons. The van der Waals surface area contributed by atoms with Crippen molar-refractivity contribution >= 4 is 34.5 Å². The maximum atomic E-state index is 12.6. The summed E-state index contributed by atoms with van der Waals surface area (Å²) >= 11 is -0.261. The molecule has 0 unspecified atom stereocenters. The Kier molecular flexibility index (Phi) is 4.92. The van der Waals surface area contributed by atoms with E-state index in [9.17, 15) is 27.9 Å². The quantitative estimate of drug-likeness (QED) is 0.506. The molecule has 2 heterocycles. The van der Waals surface area contributed by atoms with E-state index in [1.54, 1.807) is 14.0 Å². The van der Waals surface area contributed by atoms with Gasteiger partial charge in [-0.2, -0.15) is 13.2 Å². The molecule has 0 bridgehead atoms. The number of nitrogens with zero attached hydrogens (tertiary/aromatic N) is 3. The van der Waals surface area contributed by atoms with E-state index in [0.29, 0.717) is 11.1 Å². The van der Waals surface area contributed by atoms with Crippen molar-refractivity contribution in [2.45, 2.75) is 24.3 Å². The van der Waals surface area contributed by atoms with Crippen molar-refractivity contribution in [3.8, 4) is 11.5 Å². The van der Waals surface area contributed by atoms with E-state index in [4.69, 9.17) is 0 Å². The van der Waals surface area contributed by atoms with Gasteiger partial charge in [-0.25, -0.2) is 14.8 Å². The lowest BCUT2D eigenvalue weighted by Gasteiger charge is -2.10. The van der Waals surface area contributed by atoms with Crippen LogP contribution >= 0.6 is 11.8 Å². The molecule has 6 nitrogen and oxygen atoms in total. The molecule has 0 amide bonds. The normalized spacial score (nSPS) is 11.8. The number of carbonyl (C=O) groups excluding carboxylic acids is 1. The lowest BCUT2D eigenvalue weighted by Crippen LogP contribution is -2.10. The van der Waals surface area contributed by atoms with Crippen LogP contribution in [0.25, 0.3) is 22.6 Å². The van der Waals surface area contributed by atoms with Crippen LogP contribution in [0.3, 0.4) is 0 Å². The van der Waals surface area contributed by atoms with Gasteiger partial charge in [0.15, 0.2) is 11.6 Å². The highest BCUT2D eigenvalue weighted by atomic mass is 32.2. The van der Waals surface area contributed by atoms with Gasteiger partial charge >= 0.3 is 11.5 Å². The molecule has 0 saturated heterocycles. The van der Waals surface area contributed by atoms with Crippen molar-refractivity contribution in [2.24, 2.45) is 7.05 Å². The summed E-state index contributed by atoms with van der Waals surface area (Å²) in [6.07, 6.45) is 0. The smallest absolute Gasteiger partial charge is 0.446 e. The molecule has 0 atom stereocenters. The lowest BCUT2D eigenvalue weighted by molar-refractivity contribution is -0.0328. The van der Waals surface area contributed by atoms with E-state index in [-0.39, 0.29) is 50.7 Å². The number of carboxylic acid groups (broad SMARTS) is 1. The van der Waals surface area contributed by atoms with Crippen molar-refractivity contribution in [2.75, 3.05) is 0 Å². The lowest BCUT2D eigenvalue weighted by atomic mass is 10.1. The average Bonchev–Trinajstić information content (AvgIpc) is 2.89. The highest BCUT2D eigenvalue weighted by Gasteiger charge is 2.29. The Morgan fingerprint density at radius 3 is 2.43 bits per heavy atom. The summed E-state index contributed by atoms with van der Waals surface area (Å²) < 4.78 is 39.4. The monoisotopic (exact) mass is 409 g/mol. The number of halogens is 3. The van der Waals surface area contributed by atoms with Gasteiger partial charge in [-0.1, -0.05) is 0 Å².